The molecular formula is C22H14ClNO6. The van der Waals surface area contributed by atoms with Crippen LogP contribution in [0.2, 0.25) is 5.02 Å². The normalized spacial score (nSPS) is 14.4. The summed E-state index contributed by atoms with van der Waals surface area (Å²) in [6, 6.07) is 14.7. The second-order valence-electron chi connectivity index (χ2n) is 6.09. The number of methoxy groups -OCH3 is 1. The molecule has 1 aromatic heterocycles. The van der Waals surface area contributed by atoms with Gasteiger partial charge < -0.3 is 18.6 Å². The van der Waals surface area contributed by atoms with Crippen molar-refractivity contribution in [3.05, 3.63) is 88.5 Å². The molecular weight excluding hydrogens is 410 g/mol. The van der Waals surface area contributed by atoms with Gasteiger partial charge in [0, 0.05) is 10.6 Å². The lowest BCUT2D eigenvalue weighted by Gasteiger charge is -2.07. The molecule has 0 amide bonds. The highest BCUT2D eigenvalue weighted by Crippen LogP contribution is 2.29. The Morgan fingerprint density at radius 1 is 1.10 bits per heavy atom. The molecule has 3 aromatic rings. The molecule has 1 aliphatic heterocycles. The number of nitrogens with zero attached hydrogens (tertiary/aromatic N) is 1. The molecule has 0 saturated carbocycles. The fourth-order valence-electron chi connectivity index (χ4n) is 2.76. The molecule has 2 aromatic carbocycles. The Bertz CT molecular complexity index is 1180. The number of hydrogen-bond donors (Lipinski definition) is 0. The minimum Gasteiger partial charge on any atom is -0.496 e. The van der Waals surface area contributed by atoms with Crippen molar-refractivity contribution in [3.8, 4) is 11.5 Å². The van der Waals surface area contributed by atoms with Crippen LogP contribution in [0.3, 0.4) is 0 Å². The zero-order chi connectivity index (χ0) is 21.1. The highest BCUT2D eigenvalue weighted by Gasteiger charge is 2.27. The third kappa shape index (κ3) is 3.97. The summed E-state index contributed by atoms with van der Waals surface area (Å²) >= 11 is 6.04. The summed E-state index contributed by atoms with van der Waals surface area (Å²) in [4.78, 5) is 28.8. The molecule has 7 nitrogen and oxygen atoms in total. The fourth-order valence-corrected chi connectivity index (χ4v) is 2.93. The van der Waals surface area contributed by atoms with E-state index in [1.807, 2.05) is 0 Å². The molecule has 4 rings (SSSR count). The maximum Gasteiger partial charge on any atom is 0.379 e. The number of hydrogen-bond acceptors (Lipinski definition) is 7. The molecule has 0 unspecified atom stereocenters. The van der Waals surface area contributed by atoms with Crippen molar-refractivity contribution in [2.45, 2.75) is 0 Å². The predicted molar refractivity (Wildman–Crippen MR) is 109 cm³/mol. The molecule has 0 bridgehead atoms. The van der Waals surface area contributed by atoms with Crippen LogP contribution in [0.5, 0.6) is 11.5 Å². The Hall–Kier alpha value is -3.84. The highest BCUT2D eigenvalue weighted by atomic mass is 35.5. The standard InChI is InChI=1S/C22H14ClNO6/c1-27-18-9-8-14(23)12-15(18)20-24-16(21(25)30-20)11-13-5-2-3-6-17(13)29-22(26)19-7-4-10-28-19/h2-12H,1H3/b16-11-. The van der Waals surface area contributed by atoms with Gasteiger partial charge in [-0.15, -0.1) is 0 Å². The lowest BCUT2D eigenvalue weighted by atomic mass is 10.1. The van der Waals surface area contributed by atoms with Crippen LogP contribution in [0.4, 0.5) is 0 Å². The Morgan fingerprint density at radius 2 is 1.93 bits per heavy atom. The quantitative estimate of drug-likeness (QED) is 0.341. The topological polar surface area (TPSA) is 87.3 Å². The minimum absolute atomic E-state index is 0.0357. The summed E-state index contributed by atoms with van der Waals surface area (Å²) in [6.45, 7) is 0. The average molecular weight is 424 g/mol. The number of ether oxygens (including phenoxy) is 3. The second-order valence-corrected chi connectivity index (χ2v) is 6.52. The van der Waals surface area contributed by atoms with Gasteiger partial charge in [0.25, 0.3) is 0 Å². The van der Waals surface area contributed by atoms with E-state index >= 15 is 0 Å². The van der Waals surface area contributed by atoms with Crippen LogP contribution in [0.1, 0.15) is 21.7 Å². The van der Waals surface area contributed by atoms with E-state index in [0.29, 0.717) is 21.9 Å². The van der Waals surface area contributed by atoms with Crippen molar-refractivity contribution < 1.29 is 28.2 Å². The van der Waals surface area contributed by atoms with Crippen LogP contribution in [0.15, 0.2) is 76.0 Å². The third-order valence-corrected chi connectivity index (χ3v) is 4.38. The number of benzene rings is 2. The van der Waals surface area contributed by atoms with Crippen LogP contribution in [0, 0.1) is 0 Å². The zero-order valence-corrected chi connectivity index (χ0v) is 16.4. The molecule has 0 atom stereocenters. The molecule has 0 spiro atoms. The van der Waals surface area contributed by atoms with Crippen molar-refractivity contribution >= 4 is 35.5 Å². The SMILES string of the molecule is COc1ccc(Cl)cc1C1=N/C(=C\c2ccccc2OC(=O)c2ccco2)C(=O)O1. The van der Waals surface area contributed by atoms with Crippen LogP contribution in [0.25, 0.3) is 6.08 Å². The van der Waals surface area contributed by atoms with Gasteiger partial charge >= 0.3 is 11.9 Å². The van der Waals surface area contributed by atoms with E-state index in [-0.39, 0.29) is 23.1 Å². The summed E-state index contributed by atoms with van der Waals surface area (Å²) in [5, 5.41) is 0.442. The van der Waals surface area contributed by atoms with E-state index in [2.05, 4.69) is 4.99 Å². The van der Waals surface area contributed by atoms with E-state index in [9.17, 15) is 9.59 Å². The molecule has 2 heterocycles. The van der Waals surface area contributed by atoms with Gasteiger partial charge in [0.05, 0.1) is 18.9 Å². The van der Waals surface area contributed by atoms with E-state index < -0.39 is 11.9 Å². The van der Waals surface area contributed by atoms with Gasteiger partial charge in [-0.3, -0.25) is 0 Å². The van der Waals surface area contributed by atoms with E-state index in [4.69, 9.17) is 30.2 Å². The second kappa shape index (κ2) is 8.26. The molecule has 30 heavy (non-hydrogen) atoms. The molecule has 0 N–H and O–H groups in total. The Morgan fingerprint density at radius 3 is 2.70 bits per heavy atom. The van der Waals surface area contributed by atoms with Crippen molar-refractivity contribution in [1.82, 2.24) is 0 Å². The number of aliphatic imine (C=N–C) groups is 1. The molecule has 150 valence electrons. The number of carbonyl (C=O) groups is 2. The average Bonchev–Trinajstić information content (AvgIpc) is 3.40. The number of rotatable bonds is 5. The monoisotopic (exact) mass is 423 g/mol. The predicted octanol–water partition coefficient (Wildman–Crippen LogP) is 4.51. The molecule has 0 aliphatic carbocycles. The molecule has 8 heteroatoms. The summed E-state index contributed by atoms with van der Waals surface area (Å²) in [7, 11) is 1.49. The fraction of sp³-hybridized carbons (Fsp3) is 0.0455. The number of furan rings is 1. The number of cyclic esters (lactones) is 1. The summed E-state index contributed by atoms with van der Waals surface area (Å²) in [6.07, 6.45) is 2.84. The zero-order valence-electron chi connectivity index (χ0n) is 15.6. The van der Waals surface area contributed by atoms with Crippen LogP contribution in [-0.2, 0) is 9.53 Å². The molecule has 0 radical (unpaired) electrons. The van der Waals surface area contributed by atoms with E-state index in [1.165, 1.54) is 25.5 Å². The number of esters is 2. The highest BCUT2D eigenvalue weighted by molar-refractivity contribution is 6.31. The van der Waals surface area contributed by atoms with Crippen molar-refractivity contribution in [3.63, 3.8) is 0 Å². The van der Waals surface area contributed by atoms with Gasteiger partial charge in [-0.2, -0.15) is 0 Å². The number of carbonyl (C=O) groups excluding carboxylic acids is 2. The van der Waals surface area contributed by atoms with E-state index in [0.717, 1.165) is 0 Å². The van der Waals surface area contributed by atoms with Gasteiger partial charge in [-0.1, -0.05) is 29.8 Å². The first-order valence-electron chi connectivity index (χ1n) is 8.76. The van der Waals surface area contributed by atoms with Crippen molar-refractivity contribution in [2.24, 2.45) is 4.99 Å². The first kappa shape index (κ1) is 19.5. The van der Waals surface area contributed by atoms with Gasteiger partial charge in [-0.05, 0) is 42.5 Å². The summed E-state index contributed by atoms with van der Waals surface area (Å²) < 4.78 is 21.0. The maximum absolute atomic E-state index is 12.4. The van der Waals surface area contributed by atoms with Gasteiger partial charge in [0.15, 0.2) is 5.70 Å². The molecule has 0 fully saturated rings. The van der Waals surface area contributed by atoms with Crippen LogP contribution >= 0.6 is 11.6 Å². The molecule has 1 aliphatic rings. The number of para-hydroxylation sites is 1. The Labute approximate surface area is 176 Å². The smallest absolute Gasteiger partial charge is 0.379 e. The van der Waals surface area contributed by atoms with Crippen molar-refractivity contribution in [1.29, 1.82) is 0 Å². The first-order chi connectivity index (χ1) is 14.5. The Kier molecular flexibility index (Phi) is 5.36. The summed E-state index contributed by atoms with van der Waals surface area (Å²) in [5.41, 5.74) is 0.945. The van der Waals surface area contributed by atoms with Crippen molar-refractivity contribution in [2.75, 3.05) is 7.11 Å². The number of halogens is 1. The first-order valence-corrected chi connectivity index (χ1v) is 9.14. The van der Waals surface area contributed by atoms with Gasteiger partial charge in [0.2, 0.25) is 11.7 Å². The maximum atomic E-state index is 12.4. The minimum atomic E-state index is -0.660. The van der Waals surface area contributed by atoms with Crippen LogP contribution in [-0.4, -0.2) is 24.9 Å². The lowest BCUT2D eigenvalue weighted by Crippen LogP contribution is -2.08. The Balaban J connectivity index is 1.66. The summed E-state index contributed by atoms with van der Waals surface area (Å²) in [5.74, 6) is -0.489. The third-order valence-electron chi connectivity index (χ3n) is 4.15. The lowest BCUT2D eigenvalue weighted by molar-refractivity contribution is -0.129. The largest absolute Gasteiger partial charge is 0.496 e. The van der Waals surface area contributed by atoms with E-state index in [1.54, 1.807) is 48.5 Å². The molecule has 0 saturated heterocycles. The van der Waals surface area contributed by atoms with Gasteiger partial charge in [-0.25, -0.2) is 14.6 Å². The van der Waals surface area contributed by atoms with Gasteiger partial charge in [0.1, 0.15) is 11.5 Å². The van der Waals surface area contributed by atoms with Crippen LogP contribution < -0.4 is 9.47 Å².